The van der Waals surface area contributed by atoms with E-state index in [-0.39, 0.29) is 5.57 Å². The number of aryl methyl sites for hydroxylation is 1. The highest BCUT2D eigenvalue weighted by Crippen LogP contribution is 2.25. The highest BCUT2D eigenvalue weighted by atomic mass is 16.5. The highest BCUT2D eigenvalue weighted by molar-refractivity contribution is 6.30. The van der Waals surface area contributed by atoms with Gasteiger partial charge in [0.2, 0.25) is 0 Å². The van der Waals surface area contributed by atoms with Crippen LogP contribution < -0.4 is 10.1 Å². The Morgan fingerprint density at radius 2 is 1.73 bits per heavy atom. The van der Waals surface area contributed by atoms with Crippen molar-refractivity contribution in [2.24, 2.45) is 0 Å². The summed E-state index contributed by atoms with van der Waals surface area (Å²) in [6.45, 7) is 3.85. The van der Waals surface area contributed by atoms with Crippen molar-refractivity contribution >= 4 is 23.9 Å². The maximum absolute atomic E-state index is 12.2. The zero-order valence-electron chi connectivity index (χ0n) is 15.0. The van der Waals surface area contributed by atoms with E-state index >= 15 is 0 Å². The van der Waals surface area contributed by atoms with Crippen molar-refractivity contribution in [3.05, 3.63) is 52.9 Å². The lowest BCUT2D eigenvalue weighted by molar-refractivity contribution is -0.129. The summed E-state index contributed by atoms with van der Waals surface area (Å²) in [6, 6.07) is 8.77. The van der Waals surface area contributed by atoms with Gasteiger partial charge in [0.1, 0.15) is 11.3 Å². The molecule has 0 saturated carbocycles. The van der Waals surface area contributed by atoms with Crippen LogP contribution in [0.25, 0.3) is 11.8 Å². The van der Waals surface area contributed by atoms with Gasteiger partial charge in [-0.1, -0.05) is 0 Å². The number of imide groups is 2. The molecule has 0 unspecified atom stereocenters. The molecule has 0 radical (unpaired) electrons. The largest absolute Gasteiger partial charge is 0.497 e. The Balaban J connectivity index is 2.03. The van der Waals surface area contributed by atoms with Crippen molar-refractivity contribution < 1.29 is 19.1 Å². The summed E-state index contributed by atoms with van der Waals surface area (Å²) >= 11 is 0. The fraction of sp³-hybridized carbons (Fsp3) is 0.211. The smallest absolute Gasteiger partial charge is 0.331 e. The van der Waals surface area contributed by atoms with Crippen molar-refractivity contribution in [2.45, 2.75) is 13.8 Å². The number of barbiturate groups is 1. The molecule has 1 N–H and O–H groups in total. The van der Waals surface area contributed by atoms with Gasteiger partial charge >= 0.3 is 6.03 Å². The normalized spacial score (nSPS) is 16.2. The minimum atomic E-state index is -0.721. The number of amides is 4. The quantitative estimate of drug-likeness (QED) is 0.678. The van der Waals surface area contributed by atoms with Crippen molar-refractivity contribution in [3.8, 4) is 11.4 Å². The van der Waals surface area contributed by atoms with E-state index in [9.17, 15) is 14.4 Å². The Bertz CT molecular complexity index is 938. The number of ether oxygens (including phenoxy) is 1. The second-order valence-electron chi connectivity index (χ2n) is 6.04. The van der Waals surface area contributed by atoms with Gasteiger partial charge in [0.15, 0.2) is 0 Å². The SMILES string of the molecule is COc1ccc(-n2c(C)cc(/C=C3\C(=O)NC(=O)N(C)C3=O)c2C)cc1. The zero-order valence-corrected chi connectivity index (χ0v) is 15.0. The van der Waals surface area contributed by atoms with Crippen LogP contribution in [0.4, 0.5) is 4.79 Å². The third-order valence-electron chi connectivity index (χ3n) is 4.41. The summed E-state index contributed by atoms with van der Waals surface area (Å²) in [5.41, 5.74) is 3.44. The Kier molecular flexibility index (Phi) is 4.38. The first-order chi connectivity index (χ1) is 12.3. The van der Waals surface area contributed by atoms with Crippen molar-refractivity contribution in [1.82, 2.24) is 14.8 Å². The molecule has 1 aromatic carbocycles. The van der Waals surface area contributed by atoms with Gasteiger partial charge in [-0.15, -0.1) is 0 Å². The summed E-state index contributed by atoms with van der Waals surface area (Å²) in [4.78, 5) is 36.7. The fourth-order valence-corrected chi connectivity index (χ4v) is 2.96. The monoisotopic (exact) mass is 353 g/mol. The fourth-order valence-electron chi connectivity index (χ4n) is 2.96. The number of rotatable bonds is 3. The Hall–Kier alpha value is -3.35. The van der Waals surface area contributed by atoms with Crippen LogP contribution in [0, 0.1) is 13.8 Å². The molecule has 26 heavy (non-hydrogen) atoms. The number of hydrogen-bond donors (Lipinski definition) is 1. The third kappa shape index (κ3) is 2.88. The number of carbonyl (C=O) groups excluding carboxylic acids is 3. The summed E-state index contributed by atoms with van der Waals surface area (Å²) in [6.07, 6.45) is 1.52. The maximum atomic E-state index is 12.2. The lowest BCUT2D eigenvalue weighted by Crippen LogP contribution is -2.52. The number of aromatic nitrogens is 1. The van der Waals surface area contributed by atoms with Crippen LogP contribution in [0.3, 0.4) is 0 Å². The summed E-state index contributed by atoms with van der Waals surface area (Å²) in [7, 11) is 2.94. The first-order valence-corrected chi connectivity index (χ1v) is 8.02. The van der Waals surface area contributed by atoms with Crippen LogP contribution in [0.5, 0.6) is 5.75 Å². The van der Waals surface area contributed by atoms with Crippen LogP contribution in [0.15, 0.2) is 35.9 Å². The van der Waals surface area contributed by atoms with Crippen LogP contribution in [0.1, 0.15) is 17.0 Å². The van der Waals surface area contributed by atoms with Gasteiger partial charge in [-0.25, -0.2) is 4.79 Å². The van der Waals surface area contributed by atoms with E-state index in [0.717, 1.165) is 33.3 Å². The number of benzene rings is 1. The van der Waals surface area contributed by atoms with Crippen LogP contribution in [-0.4, -0.2) is 41.5 Å². The third-order valence-corrected chi connectivity index (χ3v) is 4.41. The van der Waals surface area contributed by atoms with E-state index in [1.165, 1.54) is 13.1 Å². The molecule has 1 aromatic heterocycles. The van der Waals surface area contributed by atoms with E-state index in [1.54, 1.807) is 7.11 Å². The number of nitrogens with one attached hydrogen (secondary N) is 1. The Morgan fingerprint density at radius 3 is 2.35 bits per heavy atom. The minimum absolute atomic E-state index is 0.0675. The average Bonchev–Trinajstić information content (AvgIpc) is 2.90. The lowest BCUT2D eigenvalue weighted by atomic mass is 10.1. The first kappa shape index (κ1) is 17.5. The van der Waals surface area contributed by atoms with Crippen LogP contribution in [-0.2, 0) is 9.59 Å². The molecule has 134 valence electrons. The van der Waals surface area contributed by atoms with Gasteiger partial charge in [-0.05, 0) is 55.8 Å². The van der Waals surface area contributed by atoms with Crippen LogP contribution >= 0.6 is 0 Å². The minimum Gasteiger partial charge on any atom is -0.497 e. The standard InChI is InChI=1S/C19H19N3O4/c1-11-9-13(10-16-17(23)20-19(25)21(3)18(16)24)12(2)22(11)14-5-7-15(26-4)8-6-14/h5-10H,1-4H3,(H,20,23,25)/b16-10+. The number of hydrogen-bond acceptors (Lipinski definition) is 4. The second kappa shape index (κ2) is 6.51. The molecule has 1 saturated heterocycles. The topological polar surface area (TPSA) is 80.6 Å². The molecule has 7 heteroatoms. The van der Waals surface area contributed by atoms with Gasteiger partial charge in [-0.3, -0.25) is 19.8 Å². The molecule has 1 aliphatic rings. The Morgan fingerprint density at radius 1 is 1.08 bits per heavy atom. The van der Waals surface area contributed by atoms with Gasteiger partial charge < -0.3 is 9.30 Å². The van der Waals surface area contributed by atoms with Gasteiger partial charge in [0.25, 0.3) is 11.8 Å². The van der Waals surface area contributed by atoms with Gasteiger partial charge in [0.05, 0.1) is 7.11 Å². The van der Waals surface area contributed by atoms with E-state index in [4.69, 9.17) is 4.74 Å². The molecule has 0 atom stereocenters. The number of carbonyl (C=O) groups is 3. The molecule has 2 aromatic rings. The molecule has 1 aliphatic heterocycles. The van der Waals surface area contributed by atoms with Gasteiger partial charge in [-0.2, -0.15) is 0 Å². The molecule has 0 spiro atoms. The molecule has 3 rings (SSSR count). The molecule has 0 aliphatic carbocycles. The van der Waals surface area contributed by atoms with Crippen molar-refractivity contribution in [1.29, 1.82) is 0 Å². The number of urea groups is 1. The molecule has 0 bridgehead atoms. The maximum Gasteiger partial charge on any atom is 0.331 e. The molecule has 1 fully saturated rings. The Labute approximate surface area is 150 Å². The summed E-state index contributed by atoms with van der Waals surface area (Å²) in [5.74, 6) is -0.545. The van der Waals surface area contributed by atoms with E-state index in [0.29, 0.717) is 0 Å². The zero-order chi connectivity index (χ0) is 19.0. The molecule has 2 heterocycles. The van der Waals surface area contributed by atoms with Crippen molar-refractivity contribution in [2.75, 3.05) is 14.2 Å². The van der Waals surface area contributed by atoms with E-state index < -0.39 is 17.8 Å². The van der Waals surface area contributed by atoms with Gasteiger partial charge in [0, 0.05) is 24.1 Å². The number of methoxy groups -OCH3 is 1. The second-order valence-corrected chi connectivity index (χ2v) is 6.04. The predicted molar refractivity (Wildman–Crippen MR) is 96.1 cm³/mol. The van der Waals surface area contributed by atoms with E-state index in [2.05, 4.69) is 5.32 Å². The average molecular weight is 353 g/mol. The first-order valence-electron chi connectivity index (χ1n) is 8.02. The lowest BCUT2D eigenvalue weighted by Gasteiger charge is -2.22. The van der Waals surface area contributed by atoms with E-state index in [1.807, 2.05) is 48.7 Å². The predicted octanol–water partition coefficient (Wildman–Crippen LogP) is 2.19. The number of nitrogens with zero attached hydrogens (tertiary/aromatic N) is 2. The number of likely N-dealkylation sites (N-methyl/N-ethyl adjacent to an activating group) is 1. The molecular formula is C19H19N3O4. The van der Waals surface area contributed by atoms with Crippen molar-refractivity contribution in [3.63, 3.8) is 0 Å². The highest BCUT2D eigenvalue weighted by Gasteiger charge is 2.33. The van der Waals surface area contributed by atoms with Crippen LogP contribution in [0.2, 0.25) is 0 Å². The summed E-state index contributed by atoms with van der Waals surface area (Å²) < 4.78 is 7.20. The molecule has 7 nitrogen and oxygen atoms in total. The summed E-state index contributed by atoms with van der Waals surface area (Å²) in [5, 5.41) is 2.15. The molecular weight excluding hydrogens is 334 g/mol. The molecule has 4 amide bonds.